The van der Waals surface area contributed by atoms with E-state index in [1.165, 1.54) is 5.56 Å². The summed E-state index contributed by atoms with van der Waals surface area (Å²) >= 11 is 0. The summed E-state index contributed by atoms with van der Waals surface area (Å²) in [6.45, 7) is 11.0. The standard InChI is InChI=1S/C16H27NO/c1-11(2)12-7-8-13(15(9-12)18-6)14(17)10-16(3,4)5/h7-9,11,14H,10,17H2,1-6H3. The highest BCUT2D eigenvalue weighted by atomic mass is 16.5. The second kappa shape index (κ2) is 5.75. The molecule has 0 saturated carbocycles. The summed E-state index contributed by atoms with van der Waals surface area (Å²) in [5.41, 5.74) is 8.93. The lowest BCUT2D eigenvalue weighted by Crippen LogP contribution is -2.19. The van der Waals surface area contributed by atoms with Gasteiger partial charge in [-0.25, -0.2) is 0 Å². The average Bonchev–Trinajstić information content (AvgIpc) is 2.25. The van der Waals surface area contributed by atoms with Crippen molar-refractivity contribution in [3.8, 4) is 5.75 Å². The van der Waals surface area contributed by atoms with E-state index < -0.39 is 0 Å². The maximum Gasteiger partial charge on any atom is 0.123 e. The van der Waals surface area contributed by atoms with Crippen molar-refractivity contribution in [2.24, 2.45) is 11.1 Å². The van der Waals surface area contributed by atoms with Gasteiger partial charge in [0.2, 0.25) is 0 Å². The van der Waals surface area contributed by atoms with Crippen LogP contribution in [0, 0.1) is 5.41 Å². The normalized spacial score (nSPS) is 13.8. The van der Waals surface area contributed by atoms with E-state index in [1.54, 1.807) is 7.11 Å². The topological polar surface area (TPSA) is 35.2 Å². The van der Waals surface area contributed by atoms with Crippen molar-refractivity contribution in [2.75, 3.05) is 7.11 Å². The van der Waals surface area contributed by atoms with E-state index in [2.05, 4.69) is 52.8 Å². The minimum atomic E-state index is 0.0289. The van der Waals surface area contributed by atoms with E-state index in [1.807, 2.05) is 0 Å². The molecule has 1 aromatic carbocycles. The first-order valence-electron chi connectivity index (χ1n) is 6.68. The lowest BCUT2D eigenvalue weighted by molar-refractivity contribution is 0.334. The first-order chi connectivity index (χ1) is 8.24. The molecule has 0 amide bonds. The fraction of sp³-hybridized carbons (Fsp3) is 0.625. The van der Waals surface area contributed by atoms with Gasteiger partial charge in [-0.2, -0.15) is 0 Å². The molecule has 0 aliphatic heterocycles. The van der Waals surface area contributed by atoms with E-state index in [-0.39, 0.29) is 11.5 Å². The van der Waals surface area contributed by atoms with Crippen molar-refractivity contribution < 1.29 is 4.74 Å². The molecule has 0 aliphatic rings. The summed E-state index contributed by atoms with van der Waals surface area (Å²) in [5.74, 6) is 1.42. The van der Waals surface area contributed by atoms with Crippen LogP contribution in [0.5, 0.6) is 5.75 Å². The van der Waals surface area contributed by atoms with E-state index in [0.29, 0.717) is 5.92 Å². The van der Waals surface area contributed by atoms with Gasteiger partial charge in [0.25, 0.3) is 0 Å². The fourth-order valence-electron chi connectivity index (χ4n) is 2.16. The highest BCUT2D eigenvalue weighted by molar-refractivity contribution is 5.40. The Bertz CT molecular complexity index is 391. The van der Waals surface area contributed by atoms with Crippen LogP contribution in [0.25, 0.3) is 0 Å². The van der Waals surface area contributed by atoms with E-state index in [0.717, 1.165) is 17.7 Å². The van der Waals surface area contributed by atoms with Crippen molar-refractivity contribution in [1.82, 2.24) is 0 Å². The molecule has 102 valence electrons. The van der Waals surface area contributed by atoms with E-state index >= 15 is 0 Å². The SMILES string of the molecule is COc1cc(C(C)C)ccc1C(N)CC(C)(C)C. The molecule has 18 heavy (non-hydrogen) atoms. The van der Waals surface area contributed by atoms with Gasteiger partial charge in [0, 0.05) is 11.6 Å². The van der Waals surface area contributed by atoms with Gasteiger partial charge in [-0.15, -0.1) is 0 Å². The lowest BCUT2D eigenvalue weighted by Gasteiger charge is -2.25. The molecule has 0 aliphatic carbocycles. The van der Waals surface area contributed by atoms with Crippen LogP contribution in [0.15, 0.2) is 18.2 Å². The Morgan fingerprint density at radius 1 is 1.22 bits per heavy atom. The van der Waals surface area contributed by atoms with Crippen LogP contribution in [0.1, 0.15) is 64.1 Å². The largest absolute Gasteiger partial charge is 0.496 e. The lowest BCUT2D eigenvalue weighted by atomic mass is 9.85. The molecule has 2 N–H and O–H groups in total. The molecule has 1 rings (SSSR count). The van der Waals surface area contributed by atoms with Crippen molar-refractivity contribution in [3.63, 3.8) is 0 Å². The van der Waals surface area contributed by atoms with Gasteiger partial charge in [-0.05, 0) is 29.4 Å². The minimum absolute atomic E-state index is 0.0289. The number of benzene rings is 1. The Morgan fingerprint density at radius 2 is 1.83 bits per heavy atom. The third kappa shape index (κ3) is 4.02. The molecule has 0 radical (unpaired) electrons. The van der Waals surface area contributed by atoms with Gasteiger partial charge in [0.1, 0.15) is 5.75 Å². The zero-order valence-electron chi connectivity index (χ0n) is 12.6. The Morgan fingerprint density at radius 3 is 2.28 bits per heavy atom. The maximum absolute atomic E-state index is 6.30. The highest BCUT2D eigenvalue weighted by Crippen LogP contribution is 2.34. The number of rotatable bonds is 4. The summed E-state index contributed by atoms with van der Waals surface area (Å²) < 4.78 is 5.49. The summed E-state index contributed by atoms with van der Waals surface area (Å²) in [6, 6.07) is 6.42. The van der Waals surface area contributed by atoms with Gasteiger partial charge in [0.05, 0.1) is 7.11 Å². The van der Waals surface area contributed by atoms with Crippen LogP contribution in [0.2, 0.25) is 0 Å². The zero-order chi connectivity index (χ0) is 13.9. The Balaban J connectivity index is 3.02. The molecule has 0 aromatic heterocycles. The number of methoxy groups -OCH3 is 1. The number of hydrogen-bond donors (Lipinski definition) is 1. The molecule has 0 heterocycles. The number of ether oxygens (including phenoxy) is 1. The Hall–Kier alpha value is -1.02. The second-order valence-electron chi connectivity index (χ2n) is 6.53. The molecule has 2 nitrogen and oxygen atoms in total. The number of hydrogen-bond acceptors (Lipinski definition) is 2. The predicted molar refractivity (Wildman–Crippen MR) is 78.1 cm³/mol. The van der Waals surface area contributed by atoms with Crippen molar-refractivity contribution in [3.05, 3.63) is 29.3 Å². The molecule has 0 fully saturated rings. The summed E-state index contributed by atoms with van der Waals surface area (Å²) in [5, 5.41) is 0. The summed E-state index contributed by atoms with van der Waals surface area (Å²) in [4.78, 5) is 0. The minimum Gasteiger partial charge on any atom is -0.496 e. The fourth-order valence-corrected chi connectivity index (χ4v) is 2.16. The van der Waals surface area contributed by atoms with Crippen LogP contribution >= 0.6 is 0 Å². The summed E-state index contributed by atoms with van der Waals surface area (Å²) in [6.07, 6.45) is 0.949. The van der Waals surface area contributed by atoms with Gasteiger partial charge >= 0.3 is 0 Å². The quantitative estimate of drug-likeness (QED) is 0.865. The first-order valence-corrected chi connectivity index (χ1v) is 6.68. The maximum atomic E-state index is 6.30. The molecule has 0 saturated heterocycles. The van der Waals surface area contributed by atoms with Gasteiger partial charge in [-0.1, -0.05) is 46.8 Å². The van der Waals surface area contributed by atoms with Gasteiger partial charge < -0.3 is 10.5 Å². The van der Waals surface area contributed by atoms with Crippen LogP contribution in [-0.4, -0.2) is 7.11 Å². The van der Waals surface area contributed by atoms with Crippen LogP contribution < -0.4 is 10.5 Å². The molecule has 0 bridgehead atoms. The zero-order valence-corrected chi connectivity index (χ0v) is 12.6. The molecular formula is C16H27NO. The average molecular weight is 249 g/mol. The molecular weight excluding hydrogens is 222 g/mol. The van der Waals surface area contributed by atoms with Gasteiger partial charge in [0.15, 0.2) is 0 Å². The van der Waals surface area contributed by atoms with Crippen molar-refractivity contribution >= 4 is 0 Å². The molecule has 0 spiro atoms. The van der Waals surface area contributed by atoms with Crippen LogP contribution in [0.3, 0.4) is 0 Å². The first kappa shape index (κ1) is 15.0. The van der Waals surface area contributed by atoms with Crippen LogP contribution in [-0.2, 0) is 0 Å². The van der Waals surface area contributed by atoms with E-state index in [4.69, 9.17) is 10.5 Å². The summed E-state index contributed by atoms with van der Waals surface area (Å²) in [7, 11) is 1.72. The predicted octanol–water partition coefficient (Wildman–Crippen LogP) is 4.25. The van der Waals surface area contributed by atoms with E-state index in [9.17, 15) is 0 Å². The monoisotopic (exact) mass is 249 g/mol. The third-order valence-electron chi connectivity index (χ3n) is 3.16. The number of nitrogens with two attached hydrogens (primary N) is 1. The third-order valence-corrected chi connectivity index (χ3v) is 3.16. The van der Waals surface area contributed by atoms with Crippen molar-refractivity contribution in [1.29, 1.82) is 0 Å². The van der Waals surface area contributed by atoms with Gasteiger partial charge in [-0.3, -0.25) is 0 Å². The molecule has 1 unspecified atom stereocenters. The smallest absolute Gasteiger partial charge is 0.123 e. The van der Waals surface area contributed by atoms with Crippen LogP contribution in [0.4, 0.5) is 0 Å². The molecule has 1 atom stereocenters. The molecule has 1 aromatic rings. The highest BCUT2D eigenvalue weighted by Gasteiger charge is 2.20. The Labute approximate surface area is 112 Å². The second-order valence-corrected chi connectivity index (χ2v) is 6.53. The Kier molecular flexibility index (Phi) is 4.80. The molecule has 2 heteroatoms. The van der Waals surface area contributed by atoms with Crippen molar-refractivity contribution in [2.45, 2.75) is 53.0 Å².